The Morgan fingerprint density at radius 1 is 1.22 bits per heavy atom. The molecule has 0 fully saturated rings. The molecule has 7 heteroatoms. The number of nitriles is 1. The standard InChI is InChI=1S/C16H16ClN5O/c17-13-4-1-5-14(9-13)22-11-15(23)19-7-8-21-16-12(10-18)3-2-6-20-16/h1-6,9,22H,7-8,11H2,(H,19,23)(H,20,21). The summed E-state index contributed by atoms with van der Waals surface area (Å²) in [7, 11) is 0. The molecule has 1 aromatic carbocycles. The third-order valence-electron chi connectivity index (χ3n) is 2.95. The number of nitrogens with zero attached hydrogens (tertiary/aromatic N) is 2. The van der Waals surface area contributed by atoms with Gasteiger partial charge < -0.3 is 16.0 Å². The van der Waals surface area contributed by atoms with Crippen LogP contribution in [0.5, 0.6) is 0 Å². The van der Waals surface area contributed by atoms with Crippen LogP contribution in [0.4, 0.5) is 11.5 Å². The molecule has 0 radical (unpaired) electrons. The normalized spacial score (nSPS) is 9.74. The van der Waals surface area contributed by atoms with Gasteiger partial charge in [-0.3, -0.25) is 4.79 Å². The summed E-state index contributed by atoms with van der Waals surface area (Å²) in [6, 6.07) is 12.6. The molecule has 0 aliphatic heterocycles. The molecule has 0 saturated carbocycles. The highest BCUT2D eigenvalue weighted by Crippen LogP contribution is 2.14. The molecule has 118 valence electrons. The van der Waals surface area contributed by atoms with E-state index in [-0.39, 0.29) is 12.5 Å². The number of amides is 1. The number of carbonyl (C=O) groups is 1. The minimum absolute atomic E-state index is 0.131. The van der Waals surface area contributed by atoms with Crippen LogP contribution in [0.2, 0.25) is 5.02 Å². The zero-order chi connectivity index (χ0) is 16.5. The van der Waals surface area contributed by atoms with Crippen molar-refractivity contribution in [1.82, 2.24) is 10.3 Å². The third-order valence-corrected chi connectivity index (χ3v) is 3.18. The van der Waals surface area contributed by atoms with E-state index in [1.54, 1.807) is 30.5 Å². The van der Waals surface area contributed by atoms with Crippen LogP contribution in [0.15, 0.2) is 42.6 Å². The first kappa shape index (κ1) is 16.6. The number of benzene rings is 1. The van der Waals surface area contributed by atoms with Gasteiger partial charge in [0.2, 0.25) is 5.91 Å². The largest absolute Gasteiger partial charge is 0.376 e. The number of hydrogen-bond donors (Lipinski definition) is 3. The van der Waals surface area contributed by atoms with Gasteiger partial charge in [0, 0.05) is 30.0 Å². The highest BCUT2D eigenvalue weighted by atomic mass is 35.5. The summed E-state index contributed by atoms with van der Waals surface area (Å²) in [6.07, 6.45) is 1.61. The monoisotopic (exact) mass is 329 g/mol. The summed E-state index contributed by atoms with van der Waals surface area (Å²) < 4.78 is 0. The average Bonchev–Trinajstić information content (AvgIpc) is 2.57. The molecule has 0 aliphatic rings. The Labute approximate surface area is 139 Å². The van der Waals surface area contributed by atoms with Crippen LogP contribution in [-0.2, 0) is 4.79 Å². The second kappa shape index (κ2) is 8.61. The van der Waals surface area contributed by atoms with Crippen molar-refractivity contribution in [3.05, 3.63) is 53.2 Å². The van der Waals surface area contributed by atoms with E-state index in [4.69, 9.17) is 16.9 Å². The molecule has 0 spiro atoms. The SMILES string of the molecule is N#Cc1cccnc1NCCNC(=O)CNc1cccc(Cl)c1. The second-order valence-electron chi connectivity index (χ2n) is 4.65. The van der Waals surface area contributed by atoms with Crippen molar-refractivity contribution >= 4 is 29.0 Å². The number of anilines is 2. The molecule has 0 bridgehead atoms. The average molecular weight is 330 g/mol. The molecule has 0 unspecified atom stereocenters. The van der Waals surface area contributed by atoms with E-state index in [0.717, 1.165) is 5.69 Å². The molecular weight excluding hydrogens is 314 g/mol. The number of halogens is 1. The summed E-state index contributed by atoms with van der Waals surface area (Å²) in [5.74, 6) is 0.384. The number of pyridine rings is 1. The van der Waals surface area contributed by atoms with E-state index in [1.807, 2.05) is 12.1 Å². The molecule has 3 N–H and O–H groups in total. The van der Waals surface area contributed by atoms with Crippen molar-refractivity contribution in [1.29, 1.82) is 5.26 Å². The van der Waals surface area contributed by atoms with Crippen LogP contribution in [0.3, 0.4) is 0 Å². The molecule has 0 aliphatic carbocycles. The predicted octanol–water partition coefficient (Wildman–Crippen LogP) is 2.25. The zero-order valence-corrected chi connectivity index (χ0v) is 13.1. The summed E-state index contributed by atoms with van der Waals surface area (Å²) >= 11 is 5.87. The maximum Gasteiger partial charge on any atom is 0.239 e. The van der Waals surface area contributed by atoms with Crippen molar-refractivity contribution in [2.24, 2.45) is 0 Å². The highest BCUT2D eigenvalue weighted by Gasteiger charge is 2.03. The smallest absolute Gasteiger partial charge is 0.239 e. The first-order valence-corrected chi connectivity index (χ1v) is 7.42. The van der Waals surface area contributed by atoms with Crippen molar-refractivity contribution in [2.45, 2.75) is 0 Å². The minimum atomic E-state index is -0.131. The van der Waals surface area contributed by atoms with Gasteiger partial charge in [-0.1, -0.05) is 17.7 Å². The molecule has 6 nitrogen and oxygen atoms in total. The van der Waals surface area contributed by atoms with Crippen molar-refractivity contribution in [2.75, 3.05) is 30.3 Å². The molecule has 1 amide bonds. The predicted molar refractivity (Wildman–Crippen MR) is 90.4 cm³/mol. The van der Waals surface area contributed by atoms with Gasteiger partial charge in [-0.25, -0.2) is 4.98 Å². The van der Waals surface area contributed by atoms with E-state index in [9.17, 15) is 4.79 Å². The van der Waals surface area contributed by atoms with Crippen molar-refractivity contribution in [3.63, 3.8) is 0 Å². The zero-order valence-electron chi connectivity index (χ0n) is 12.3. The van der Waals surface area contributed by atoms with Crippen LogP contribution in [0.25, 0.3) is 0 Å². The summed E-state index contributed by atoms with van der Waals surface area (Å²) in [5, 5.41) is 18.3. The van der Waals surface area contributed by atoms with Gasteiger partial charge >= 0.3 is 0 Å². The van der Waals surface area contributed by atoms with E-state index in [1.165, 1.54) is 0 Å². The maximum absolute atomic E-state index is 11.7. The van der Waals surface area contributed by atoms with E-state index >= 15 is 0 Å². The molecule has 0 atom stereocenters. The molecule has 0 saturated heterocycles. The lowest BCUT2D eigenvalue weighted by atomic mass is 10.3. The maximum atomic E-state index is 11.7. The first-order valence-electron chi connectivity index (χ1n) is 7.04. The molecule has 2 rings (SSSR count). The number of carbonyl (C=O) groups excluding carboxylic acids is 1. The van der Waals surface area contributed by atoms with Gasteiger partial charge in [-0.15, -0.1) is 0 Å². The third kappa shape index (κ3) is 5.49. The fourth-order valence-corrected chi connectivity index (χ4v) is 2.05. The van der Waals surface area contributed by atoms with Crippen LogP contribution < -0.4 is 16.0 Å². The Morgan fingerprint density at radius 2 is 2.09 bits per heavy atom. The van der Waals surface area contributed by atoms with Gasteiger partial charge in [-0.05, 0) is 30.3 Å². The Morgan fingerprint density at radius 3 is 2.87 bits per heavy atom. The molecule has 23 heavy (non-hydrogen) atoms. The van der Waals surface area contributed by atoms with E-state index in [0.29, 0.717) is 29.5 Å². The Hall–Kier alpha value is -2.78. The Bertz CT molecular complexity index is 714. The van der Waals surface area contributed by atoms with E-state index < -0.39 is 0 Å². The number of aromatic nitrogens is 1. The first-order chi connectivity index (χ1) is 11.2. The van der Waals surface area contributed by atoms with Crippen LogP contribution in [0.1, 0.15) is 5.56 Å². The lowest BCUT2D eigenvalue weighted by Gasteiger charge is -2.09. The van der Waals surface area contributed by atoms with Gasteiger partial charge in [-0.2, -0.15) is 5.26 Å². The molecule has 2 aromatic rings. The number of rotatable bonds is 7. The summed E-state index contributed by atoms with van der Waals surface area (Å²) in [6.45, 7) is 1.07. The quantitative estimate of drug-likeness (QED) is 0.678. The van der Waals surface area contributed by atoms with Crippen LogP contribution in [-0.4, -0.2) is 30.5 Å². The van der Waals surface area contributed by atoms with Gasteiger partial charge in [0.1, 0.15) is 11.9 Å². The summed E-state index contributed by atoms with van der Waals surface area (Å²) in [4.78, 5) is 15.8. The van der Waals surface area contributed by atoms with Gasteiger partial charge in [0.15, 0.2) is 0 Å². The van der Waals surface area contributed by atoms with E-state index in [2.05, 4.69) is 27.0 Å². The molecule has 1 aromatic heterocycles. The molecule has 1 heterocycles. The Kier molecular flexibility index (Phi) is 6.21. The lowest BCUT2D eigenvalue weighted by molar-refractivity contribution is -0.119. The topological polar surface area (TPSA) is 89.8 Å². The Balaban J connectivity index is 1.68. The lowest BCUT2D eigenvalue weighted by Crippen LogP contribution is -2.33. The van der Waals surface area contributed by atoms with Crippen LogP contribution in [0, 0.1) is 11.3 Å². The van der Waals surface area contributed by atoms with Crippen LogP contribution >= 0.6 is 11.6 Å². The van der Waals surface area contributed by atoms with Gasteiger partial charge in [0.25, 0.3) is 0 Å². The summed E-state index contributed by atoms with van der Waals surface area (Å²) in [5.41, 5.74) is 1.26. The fourth-order valence-electron chi connectivity index (χ4n) is 1.86. The second-order valence-corrected chi connectivity index (χ2v) is 5.09. The minimum Gasteiger partial charge on any atom is -0.376 e. The fraction of sp³-hybridized carbons (Fsp3) is 0.188. The highest BCUT2D eigenvalue weighted by molar-refractivity contribution is 6.30. The number of nitrogens with one attached hydrogen (secondary N) is 3. The molecular formula is C16H16ClN5O. The van der Waals surface area contributed by atoms with Gasteiger partial charge in [0.05, 0.1) is 12.1 Å². The van der Waals surface area contributed by atoms with Crippen molar-refractivity contribution in [3.8, 4) is 6.07 Å². The number of hydrogen-bond acceptors (Lipinski definition) is 5. The van der Waals surface area contributed by atoms with Crippen molar-refractivity contribution < 1.29 is 4.79 Å².